The van der Waals surface area contributed by atoms with Gasteiger partial charge in [0.15, 0.2) is 0 Å². The van der Waals surface area contributed by atoms with E-state index in [0.717, 1.165) is 15.3 Å². The van der Waals surface area contributed by atoms with Crippen LogP contribution in [0.25, 0.3) is 0 Å². The third-order valence-corrected chi connectivity index (χ3v) is 5.07. The van der Waals surface area contributed by atoms with E-state index in [1.807, 2.05) is 49.6 Å². The summed E-state index contributed by atoms with van der Waals surface area (Å²) >= 11 is 8.90. The van der Waals surface area contributed by atoms with Gasteiger partial charge in [-0.3, -0.25) is 4.79 Å². The van der Waals surface area contributed by atoms with Gasteiger partial charge in [-0.25, -0.2) is 5.43 Å². The number of nitrogens with zero attached hydrogens (tertiary/aromatic N) is 1. The maximum absolute atomic E-state index is 12.0. The maximum Gasteiger partial charge on any atom is 0.253 e. The Hall–Kier alpha value is -1.30. The standard InChI is InChI=1S/C15H15ClN2OS2/c1-10-7-8-20-14(10)9-17-18-15(19)11(2)21-13-5-3-12(16)4-6-13/h3-9,11H,1-2H3,(H,18,19). The molecule has 110 valence electrons. The number of thiophene rings is 1. The predicted molar refractivity (Wildman–Crippen MR) is 91.6 cm³/mol. The van der Waals surface area contributed by atoms with Crippen molar-refractivity contribution in [1.29, 1.82) is 0 Å². The molecule has 1 heterocycles. The number of amides is 1. The highest BCUT2D eigenvalue weighted by Crippen LogP contribution is 2.24. The van der Waals surface area contributed by atoms with E-state index in [2.05, 4.69) is 10.5 Å². The lowest BCUT2D eigenvalue weighted by Gasteiger charge is -2.09. The van der Waals surface area contributed by atoms with E-state index >= 15 is 0 Å². The molecule has 21 heavy (non-hydrogen) atoms. The van der Waals surface area contributed by atoms with E-state index in [0.29, 0.717) is 5.02 Å². The Labute approximate surface area is 137 Å². The Morgan fingerprint density at radius 3 is 2.71 bits per heavy atom. The molecule has 0 saturated carbocycles. The summed E-state index contributed by atoms with van der Waals surface area (Å²) in [6.07, 6.45) is 1.68. The average molecular weight is 339 g/mol. The van der Waals surface area contributed by atoms with Crippen molar-refractivity contribution in [2.75, 3.05) is 0 Å². The van der Waals surface area contributed by atoms with Crippen molar-refractivity contribution in [2.45, 2.75) is 24.0 Å². The molecule has 0 saturated heterocycles. The Balaban J connectivity index is 1.86. The van der Waals surface area contributed by atoms with Crippen LogP contribution < -0.4 is 5.43 Å². The fourth-order valence-corrected chi connectivity index (χ4v) is 3.31. The molecule has 1 atom stereocenters. The fourth-order valence-electron chi connectivity index (χ4n) is 1.53. The molecule has 0 aliphatic heterocycles. The van der Waals surface area contributed by atoms with Crippen LogP contribution >= 0.6 is 34.7 Å². The summed E-state index contributed by atoms with van der Waals surface area (Å²) in [7, 11) is 0. The Morgan fingerprint density at radius 1 is 1.38 bits per heavy atom. The lowest BCUT2D eigenvalue weighted by molar-refractivity contribution is -0.120. The van der Waals surface area contributed by atoms with Crippen molar-refractivity contribution >= 4 is 46.8 Å². The minimum absolute atomic E-state index is 0.125. The van der Waals surface area contributed by atoms with Gasteiger partial charge in [-0.05, 0) is 55.1 Å². The Morgan fingerprint density at radius 2 is 2.10 bits per heavy atom. The molecule has 1 N–H and O–H groups in total. The first kappa shape index (κ1) is 16.1. The van der Waals surface area contributed by atoms with Gasteiger partial charge >= 0.3 is 0 Å². The molecule has 1 amide bonds. The van der Waals surface area contributed by atoms with Gasteiger partial charge in [0.05, 0.1) is 11.5 Å². The number of hydrogen-bond donors (Lipinski definition) is 1. The smallest absolute Gasteiger partial charge is 0.253 e. The normalized spacial score (nSPS) is 12.5. The zero-order chi connectivity index (χ0) is 15.2. The predicted octanol–water partition coefficient (Wildman–Crippen LogP) is 4.34. The first-order valence-corrected chi connectivity index (χ1v) is 8.49. The minimum atomic E-state index is -0.229. The number of rotatable bonds is 5. The largest absolute Gasteiger partial charge is 0.272 e. The number of carbonyl (C=O) groups excluding carboxylic acids is 1. The second-order valence-corrected chi connectivity index (χ2v) is 7.21. The van der Waals surface area contributed by atoms with E-state index in [1.54, 1.807) is 17.6 Å². The van der Waals surface area contributed by atoms with Crippen LogP contribution in [0.4, 0.5) is 0 Å². The third-order valence-electron chi connectivity index (χ3n) is 2.75. The molecule has 0 aliphatic carbocycles. The highest BCUT2D eigenvalue weighted by atomic mass is 35.5. The Bertz CT molecular complexity index is 637. The van der Waals surface area contributed by atoms with Crippen molar-refractivity contribution in [3.05, 3.63) is 51.2 Å². The highest BCUT2D eigenvalue weighted by molar-refractivity contribution is 8.00. The van der Waals surface area contributed by atoms with Crippen LogP contribution in [0.2, 0.25) is 5.02 Å². The van der Waals surface area contributed by atoms with Gasteiger partial charge < -0.3 is 0 Å². The number of halogens is 1. The molecular formula is C15H15ClN2OS2. The molecule has 1 aromatic carbocycles. The molecule has 0 fully saturated rings. The number of thioether (sulfide) groups is 1. The number of aryl methyl sites for hydroxylation is 1. The average Bonchev–Trinajstić information content (AvgIpc) is 2.87. The van der Waals surface area contributed by atoms with Crippen molar-refractivity contribution < 1.29 is 4.79 Å². The van der Waals surface area contributed by atoms with Crippen LogP contribution in [-0.4, -0.2) is 17.4 Å². The molecule has 1 unspecified atom stereocenters. The number of benzene rings is 1. The van der Waals surface area contributed by atoms with Gasteiger partial charge in [0.1, 0.15) is 0 Å². The topological polar surface area (TPSA) is 41.5 Å². The fraction of sp³-hybridized carbons (Fsp3) is 0.200. The minimum Gasteiger partial charge on any atom is -0.272 e. The van der Waals surface area contributed by atoms with E-state index in [1.165, 1.54) is 11.8 Å². The molecule has 0 bridgehead atoms. The first-order valence-electron chi connectivity index (χ1n) is 6.35. The van der Waals surface area contributed by atoms with Crippen molar-refractivity contribution in [1.82, 2.24) is 5.43 Å². The van der Waals surface area contributed by atoms with Crippen LogP contribution in [0.15, 0.2) is 45.7 Å². The summed E-state index contributed by atoms with van der Waals surface area (Å²) in [5.41, 5.74) is 3.72. The summed E-state index contributed by atoms with van der Waals surface area (Å²) in [5.74, 6) is -0.125. The molecule has 3 nitrogen and oxygen atoms in total. The van der Waals surface area contributed by atoms with Gasteiger partial charge in [-0.1, -0.05) is 11.6 Å². The van der Waals surface area contributed by atoms with E-state index in [9.17, 15) is 4.79 Å². The summed E-state index contributed by atoms with van der Waals surface area (Å²) in [6.45, 7) is 3.86. The van der Waals surface area contributed by atoms with Crippen LogP contribution in [0.3, 0.4) is 0 Å². The first-order chi connectivity index (χ1) is 10.1. The molecule has 6 heteroatoms. The zero-order valence-electron chi connectivity index (χ0n) is 11.7. The van der Waals surface area contributed by atoms with Crippen LogP contribution in [0.1, 0.15) is 17.4 Å². The molecule has 0 radical (unpaired) electrons. The monoisotopic (exact) mass is 338 g/mol. The molecule has 0 aliphatic rings. The summed E-state index contributed by atoms with van der Waals surface area (Å²) in [4.78, 5) is 14.0. The summed E-state index contributed by atoms with van der Waals surface area (Å²) in [6, 6.07) is 9.44. The number of hydrogen-bond acceptors (Lipinski definition) is 4. The van der Waals surface area contributed by atoms with Crippen molar-refractivity contribution in [3.63, 3.8) is 0 Å². The molecular weight excluding hydrogens is 324 g/mol. The van der Waals surface area contributed by atoms with Gasteiger partial charge in [-0.2, -0.15) is 5.10 Å². The lowest BCUT2D eigenvalue weighted by Crippen LogP contribution is -2.26. The lowest BCUT2D eigenvalue weighted by atomic mass is 10.3. The zero-order valence-corrected chi connectivity index (χ0v) is 14.1. The number of nitrogens with one attached hydrogen (secondary N) is 1. The Kier molecular flexibility index (Phi) is 5.85. The van der Waals surface area contributed by atoms with Gasteiger partial charge in [0.2, 0.25) is 0 Å². The third kappa shape index (κ3) is 4.88. The van der Waals surface area contributed by atoms with Gasteiger partial charge in [0.25, 0.3) is 5.91 Å². The SMILES string of the molecule is Cc1ccsc1C=NNC(=O)C(C)Sc1ccc(Cl)cc1. The van der Waals surface area contributed by atoms with Gasteiger partial charge in [0, 0.05) is 14.8 Å². The van der Waals surface area contributed by atoms with Crippen molar-refractivity contribution in [3.8, 4) is 0 Å². The summed E-state index contributed by atoms with van der Waals surface area (Å²) < 4.78 is 0. The van der Waals surface area contributed by atoms with Crippen LogP contribution in [-0.2, 0) is 4.79 Å². The van der Waals surface area contributed by atoms with E-state index < -0.39 is 0 Å². The molecule has 2 aromatic rings. The second kappa shape index (κ2) is 7.64. The maximum atomic E-state index is 12.0. The second-order valence-electron chi connectivity index (χ2n) is 4.42. The highest BCUT2D eigenvalue weighted by Gasteiger charge is 2.13. The van der Waals surface area contributed by atoms with Crippen LogP contribution in [0.5, 0.6) is 0 Å². The van der Waals surface area contributed by atoms with E-state index in [4.69, 9.17) is 11.6 Å². The van der Waals surface area contributed by atoms with Crippen molar-refractivity contribution in [2.24, 2.45) is 5.10 Å². The quantitative estimate of drug-likeness (QED) is 0.500. The molecule has 2 rings (SSSR count). The number of carbonyl (C=O) groups is 1. The number of hydrazone groups is 1. The molecule has 0 spiro atoms. The van der Waals surface area contributed by atoms with Crippen LogP contribution in [0, 0.1) is 6.92 Å². The summed E-state index contributed by atoms with van der Waals surface area (Å²) in [5, 5.41) is 6.46. The van der Waals surface area contributed by atoms with Gasteiger partial charge in [-0.15, -0.1) is 23.1 Å². The molecule has 1 aromatic heterocycles. The van der Waals surface area contributed by atoms with E-state index in [-0.39, 0.29) is 11.2 Å².